The molecule has 0 saturated carbocycles. The maximum Gasteiger partial charge on any atom is 0.0992 e. The van der Waals surface area contributed by atoms with Crippen molar-refractivity contribution in [1.29, 1.82) is 5.26 Å². The molecule has 3 heteroatoms. The molecular weight excluding hydrogens is 300 g/mol. The largest absolute Gasteiger partial charge is 0.354 e. The molecular formula is C16H15BrN2. The Morgan fingerprint density at radius 2 is 2.05 bits per heavy atom. The minimum atomic E-state index is 0.651. The highest BCUT2D eigenvalue weighted by atomic mass is 79.9. The summed E-state index contributed by atoms with van der Waals surface area (Å²) in [4.78, 5) is 0. The third-order valence-electron chi connectivity index (χ3n) is 3.10. The predicted molar refractivity (Wildman–Crippen MR) is 82.7 cm³/mol. The lowest BCUT2D eigenvalue weighted by atomic mass is 10.1. The standard InChI is InChI=1S/C16H15BrN2/c1-3-13-6-4-5-11(2)16(13)19-15-8-7-12(10-18)9-14(15)17/h4-9,19H,3H2,1-2H3. The fourth-order valence-corrected chi connectivity index (χ4v) is 2.50. The van der Waals surface area contributed by atoms with Crippen LogP contribution in [-0.2, 0) is 6.42 Å². The molecule has 96 valence electrons. The Bertz CT molecular complexity index is 642. The second kappa shape index (κ2) is 5.90. The number of anilines is 2. The van der Waals surface area contributed by atoms with Gasteiger partial charge in [0.2, 0.25) is 0 Å². The van der Waals surface area contributed by atoms with Gasteiger partial charge in [-0.2, -0.15) is 5.26 Å². The van der Waals surface area contributed by atoms with Gasteiger partial charge >= 0.3 is 0 Å². The number of aryl methyl sites for hydroxylation is 2. The molecule has 0 bridgehead atoms. The van der Waals surface area contributed by atoms with Crippen LogP contribution >= 0.6 is 15.9 Å². The highest BCUT2D eigenvalue weighted by molar-refractivity contribution is 9.10. The average molecular weight is 315 g/mol. The van der Waals surface area contributed by atoms with E-state index in [0.29, 0.717) is 5.56 Å². The first kappa shape index (κ1) is 13.6. The Labute approximate surface area is 122 Å². The van der Waals surface area contributed by atoms with Crippen LogP contribution < -0.4 is 5.32 Å². The molecule has 2 rings (SSSR count). The molecule has 1 N–H and O–H groups in total. The van der Waals surface area contributed by atoms with Crippen molar-refractivity contribution < 1.29 is 0 Å². The number of nitrogens with one attached hydrogen (secondary N) is 1. The number of para-hydroxylation sites is 1. The first-order valence-corrected chi connectivity index (χ1v) is 7.00. The summed E-state index contributed by atoms with van der Waals surface area (Å²) in [7, 11) is 0. The highest BCUT2D eigenvalue weighted by Gasteiger charge is 2.07. The van der Waals surface area contributed by atoms with Gasteiger partial charge in [-0.05, 0) is 58.6 Å². The maximum atomic E-state index is 8.88. The summed E-state index contributed by atoms with van der Waals surface area (Å²) in [6, 6.07) is 14.0. The Kier molecular flexibility index (Phi) is 4.24. The van der Waals surface area contributed by atoms with Crippen LogP contribution in [0.1, 0.15) is 23.6 Å². The summed E-state index contributed by atoms with van der Waals surface area (Å²) >= 11 is 3.50. The van der Waals surface area contributed by atoms with Gasteiger partial charge in [-0.15, -0.1) is 0 Å². The molecule has 0 aliphatic carbocycles. The van der Waals surface area contributed by atoms with Gasteiger partial charge in [0, 0.05) is 10.2 Å². The van der Waals surface area contributed by atoms with Crippen molar-refractivity contribution in [2.24, 2.45) is 0 Å². The van der Waals surface area contributed by atoms with E-state index in [1.54, 1.807) is 0 Å². The van der Waals surface area contributed by atoms with E-state index < -0.39 is 0 Å². The van der Waals surface area contributed by atoms with E-state index in [1.807, 2.05) is 18.2 Å². The summed E-state index contributed by atoms with van der Waals surface area (Å²) in [5.41, 5.74) is 5.28. The molecule has 0 aromatic heterocycles. The van der Waals surface area contributed by atoms with Crippen LogP contribution in [0.5, 0.6) is 0 Å². The number of nitriles is 1. The summed E-state index contributed by atoms with van der Waals surface area (Å²) < 4.78 is 0.900. The number of nitrogens with zero attached hydrogens (tertiary/aromatic N) is 1. The number of halogens is 1. The van der Waals surface area contributed by atoms with Crippen LogP contribution in [0, 0.1) is 18.3 Å². The molecule has 2 aromatic rings. The zero-order valence-electron chi connectivity index (χ0n) is 11.0. The van der Waals surface area contributed by atoms with Crippen LogP contribution in [0.25, 0.3) is 0 Å². The van der Waals surface area contributed by atoms with Gasteiger partial charge < -0.3 is 5.32 Å². The van der Waals surface area contributed by atoms with Crippen molar-refractivity contribution in [3.05, 3.63) is 57.6 Å². The fraction of sp³-hybridized carbons (Fsp3) is 0.188. The lowest BCUT2D eigenvalue weighted by Gasteiger charge is -2.15. The molecule has 0 spiro atoms. The summed E-state index contributed by atoms with van der Waals surface area (Å²) in [6.45, 7) is 4.24. The topological polar surface area (TPSA) is 35.8 Å². The van der Waals surface area contributed by atoms with Crippen LogP contribution in [0.15, 0.2) is 40.9 Å². The van der Waals surface area contributed by atoms with Crippen LogP contribution in [0.3, 0.4) is 0 Å². The van der Waals surface area contributed by atoms with Gasteiger partial charge in [0.05, 0.1) is 17.3 Å². The molecule has 0 aliphatic heterocycles. The van der Waals surface area contributed by atoms with E-state index in [0.717, 1.165) is 22.3 Å². The van der Waals surface area contributed by atoms with Gasteiger partial charge in [0.25, 0.3) is 0 Å². The van der Waals surface area contributed by atoms with Gasteiger partial charge in [-0.3, -0.25) is 0 Å². The zero-order chi connectivity index (χ0) is 13.8. The number of rotatable bonds is 3. The van der Waals surface area contributed by atoms with Crippen molar-refractivity contribution in [2.75, 3.05) is 5.32 Å². The van der Waals surface area contributed by atoms with Crippen molar-refractivity contribution in [3.8, 4) is 6.07 Å². The Morgan fingerprint density at radius 3 is 2.68 bits per heavy atom. The minimum Gasteiger partial charge on any atom is -0.354 e. The van der Waals surface area contributed by atoms with Crippen molar-refractivity contribution in [2.45, 2.75) is 20.3 Å². The lowest BCUT2D eigenvalue weighted by Crippen LogP contribution is -1.98. The molecule has 19 heavy (non-hydrogen) atoms. The fourth-order valence-electron chi connectivity index (χ4n) is 2.02. The van der Waals surface area contributed by atoms with Gasteiger partial charge in [-0.25, -0.2) is 0 Å². The third kappa shape index (κ3) is 2.97. The monoisotopic (exact) mass is 314 g/mol. The van der Waals surface area contributed by atoms with Gasteiger partial charge in [-0.1, -0.05) is 25.1 Å². The SMILES string of the molecule is CCc1cccc(C)c1Nc1ccc(C#N)cc1Br. The molecule has 0 aliphatic rings. The molecule has 2 aromatic carbocycles. The molecule has 0 atom stereocenters. The number of hydrogen-bond acceptors (Lipinski definition) is 2. The summed E-state index contributed by atoms with van der Waals surface area (Å²) in [5, 5.41) is 12.3. The highest BCUT2D eigenvalue weighted by Crippen LogP contribution is 2.30. The Hall–Kier alpha value is -1.79. The van der Waals surface area contributed by atoms with Crippen LogP contribution in [-0.4, -0.2) is 0 Å². The van der Waals surface area contributed by atoms with Crippen molar-refractivity contribution in [1.82, 2.24) is 0 Å². The molecule has 0 radical (unpaired) electrons. The quantitative estimate of drug-likeness (QED) is 0.871. The molecule has 0 saturated heterocycles. The first-order chi connectivity index (χ1) is 9.15. The Morgan fingerprint density at radius 1 is 1.26 bits per heavy atom. The molecule has 2 nitrogen and oxygen atoms in total. The third-order valence-corrected chi connectivity index (χ3v) is 3.75. The smallest absolute Gasteiger partial charge is 0.0992 e. The van der Waals surface area contributed by atoms with E-state index >= 15 is 0 Å². The summed E-state index contributed by atoms with van der Waals surface area (Å²) in [6.07, 6.45) is 0.984. The second-order valence-electron chi connectivity index (χ2n) is 4.39. The van der Waals surface area contributed by atoms with Gasteiger partial charge in [0.15, 0.2) is 0 Å². The van der Waals surface area contributed by atoms with E-state index in [9.17, 15) is 0 Å². The maximum absolute atomic E-state index is 8.88. The summed E-state index contributed by atoms with van der Waals surface area (Å²) in [5.74, 6) is 0. The number of hydrogen-bond donors (Lipinski definition) is 1. The number of benzene rings is 2. The normalized spacial score (nSPS) is 10.0. The second-order valence-corrected chi connectivity index (χ2v) is 5.25. The van der Waals surface area contributed by atoms with E-state index in [2.05, 4.69) is 59.4 Å². The Balaban J connectivity index is 2.39. The van der Waals surface area contributed by atoms with Crippen LogP contribution in [0.2, 0.25) is 0 Å². The zero-order valence-corrected chi connectivity index (χ0v) is 12.6. The lowest BCUT2D eigenvalue weighted by molar-refractivity contribution is 1.13. The van der Waals surface area contributed by atoms with Crippen LogP contribution in [0.4, 0.5) is 11.4 Å². The molecule has 0 fully saturated rings. The van der Waals surface area contributed by atoms with Crippen molar-refractivity contribution in [3.63, 3.8) is 0 Å². The van der Waals surface area contributed by atoms with E-state index in [4.69, 9.17) is 5.26 Å². The molecule has 0 unspecified atom stereocenters. The minimum absolute atomic E-state index is 0.651. The molecule has 0 heterocycles. The molecule has 0 amide bonds. The predicted octanol–water partition coefficient (Wildman–Crippen LogP) is 4.94. The van der Waals surface area contributed by atoms with E-state index in [-0.39, 0.29) is 0 Å². The van der Waals surface area contributed by atoms with Gasteiger partial charge in [0.1, 0.15) is 0 Å². The first-order valence-electron chi connectivity index (χ1n) is 6.21. The average Bonchev–Trinajstić information content (AvgIpc) is 2.42. The van der Waals surface area contributed by atoms with Crippen molar-refractivity contribution >= 4 is 27.3 Å². The van der Waals surface area contributed by atoms with E-state index in [1.165, 1.54) is 11.1 Å².